The monoisotopic (exact) mass is 543 g/mol. The third-order valence-corrected chi connectivity index (χ3v) is 7.45. The number of fused-ring (bicyclic) bond motifs is 1. The summed E-state index contributed by atoms with van der Waals surface area (Å²) in [6.45, 7) is 7.37. The Morgan fingerprint density at radius 1 is 1.12 bits per heavy atom. The van der Waals surface area contributed by atoms with Crippen LogP contribution in [0, 0.1) is 6.92 Å². The highest BCUT2D eigenvalue weighted by molar-refractivity contribution is 6.08. The van der Waals surface area contributed by atoms with Crippen molar-refractivity contribution >= 4 is 28.3 Å². The second-order valence-corrected chi connectivity index (χ2v) is 10.4. The number of hydrogen-bond donors (Lipinski definition) is 2. The number of carbonyl (C=O) groups is 1. The van der Waals surface area contributed by atoms with Crippen LogP contribution in [0.15, 0.2) is 53.7 Å². The van der Waals surface area contributed by atoms with E-state index in [9.17, 15) is 9.59 Å². The third-order valence-electron chi connectivity index (χ3n) is 7.45. The number of amides is 1. The number of pyridine rings is 2. The Morgan fingerprint density at radius 2 is 1.98 bits per heavy atom. The first-order valence-electron chi connectivity index (χ1n) is 13.5. The van der Waals surface area contributed by atoms with Crippen LogP contribution in [0.25, 0.3) is 10.9 Å². The van der Waals surface area contributed by atoms with Crippen LogP contribution in [0.3, 0.4) is 0 Å². The molecule has 2 saturated heterocycles. The molecule has 5 heterocycles. The molecular formula is C29H33N7O4. The van der Waals surface area contributed by atoms with E-state index >= 15 is 0 Å². The molecule has 1 unspecified atom stereocenters. The largest absolute Gasteiger partial charge is 0.379 e. The summed E-state index contributed by atoms with van der Waals surface area (Å²) in [6.07, 6.45) is 5.47. The lowest BCUT2D eigenvalue weighted by Crippen LogP contribution is -2.40. The maximum atomic E-state index is 13.8. The molecule has 6 rings (SSSR count). The predicted molar refractivity (Wildman–Crippen MR) is 152 cm³/mol. The molecule has 0 spiro atoms. The molecule has 0 aliphatic carbocycles. The van der Waals surface area contributed by atoms with E-state index in [1.807, 2.05) is 50.8 Å². The number of nitrogens with zero attached hydrogens (tertiary/aromatic N) is 5. The molecule has 1 atom stereocenters. The van der Waals surface area contributed by atoms with Crippen LogP contribution in [-0.4, -0.2) is 76.6 Å². The lowest BCUT2D eigenvalue weighted by atomic mass is 10.1. The van der Waals surface area contributed by atoms with E-state index in [0.717, 1.165) is 40.7 Å². The highest BCUT2D eigenvalue weighted by Gasteiger charge is 2.28. The Hall–Kier alpha value is -4.06. The maximum Gasteiger partial charge on any atom is 0.259 e. The van der Waals surface area contributed by atoms with Crippen molar-refractivity contribution in [2.75, 3.05) is 56.2 Å². The minimum atomic E-state index is -0.239. The first kappa shape index (κ1) is 26.2. The first-order chi connectivity index (χ1) is 19.4. The zero-order chi connectivity index (χ0) is 27.6. The lowest BCUT2D eigenvalue weighted by molar-refractivity contribution is 0.0341. The SMILES string of the molecule is Cc1cc(=O)[nH]c2ccc(NC(=O)c3cc(CN4CCOCC4)cnc3N3CCOC(c4cnn(C)c4)C3)cc12. The summed E-state index contributed by atoms with van der Waals surface area (Å²) in [7, 11) is 1.88. The Kier molecular flexibility index (Phi) is 7.33. The number of benzene rings is 1. The summed E-state index contributed by atoms with van der Waals surface area (Å²) in [5.74, 6) is 0.388. The van der Waals surface area contributed by atoms with Gasteiger partial charge >= 0.3 is 0 Å². The summed E-state index contributed by atoms with van der Waals surface area (Å²) in [6, 6.07) is 9.01. The van der Waals surface area contributed by atoms with Crippen molar-refractivity contribution in [2.24, 2.45) is 7.05 Å². The van der Waals surface area contributed by atoms with Gasteiger partial charge in [0, 0.05) is 80.4 Å². The van der Waals surface area contributed by atoms with Gasteiger partial charge in [0.05, 0.1) is 31.6 Å². The second kappa shape index (κ2) is 11.2. The van der Waals surface area contributed by atoms with Gasteiger partial charge in [-0.15, -0.1) is 0 Å². The Bertz CT molecular complexity index is 1590. The van der Waals surface area contributed by atoms with Crippen LogP contribution in [0.2, 0.25) is 0 Å². The molecule has 4 aromatic rings. The standard InChI is InChI=1S/C29H33N7O4/c1-19-11-27(37)33-25-4-3-22(13-23(19)25)32-29(38)24-12-20(16-35-5-8-39-9-6-35)14-30-28(24)36-7-10-40-26(18-36)21-15-31-34(2)17-21/h3-4,11-15,17,26H,5-10,16,18H2,1-2H3,(H,32,38)(H,33,37). The van der Waals surface area contributed by atoms with Crippen molar-refractivity contribution in [1.29, 1.82) is 0 Å². The topological polar surface area (TPSA) is 118 Å². The number of hydrogen-bond acceptors (Lipinski definition) is 8. The minimum absolute atomic E-state index is 0.148. The van der Waals surface area contributed by atoms with Gasteiger partial charge in [0.2, 0.25) is 5.56 Å². The van der Waals surface area contributed by atoms with Gasteiger partial charge in [0.15, 0.2) is 0 Å². The second-order valence-electron chi connectivity index (χ2n) is 10.4. The van der Waals surface area contributed by atoms with Crippen LogP contribution >= 0.6 is 0 Å². The molecule has 3 aromatic heterocycles. The fourth-order valence-corrected chi connectivity index (χ4v) is 5.37. The smallest absolute Gasteiger partial charge is 0.259 e. The Labute approximate surface area is 231 Å². The minimum Gasteiger partial charge on any atom is -0.379 e. The molecule has 2 aliphatic rings. The number of anilines is 2. The van der Waals surface area contributed by atoms with Gasteiger partial charge < -0.3 is 24.7 Å². The molecule has 0 bridgehead atoms. The molecule has 11 nitrogen and oxygen atoms in total. The van der Waals surface area contributed by atoms with E-state index in [-0.39, 0.29) is 17.6 Å². The van der Waals surface area contributed by atoms with Crippen molar-refractivity contribution < 1.29 is 14.3 Å². The van der Waals surface area contributed by atoms with E-state index in [1.165, 1.54) is 0 Å². The highest BCUT2D eigenvalue weighted by Crippen LogP contribution is 2.29. The average molecular weight is 544 g/mol. The van der Waals surface area contributed by atoms with Crippen molar-refractivity contribution in [3.8, 4) is 0 Å². The van der Waals surface area contributed by atoms with Crippen molar-refractivity contribution in [3.05, 3.63) is 81.5 Å². The van der Waals surface area contributed by atoms with E-state index < -0.39 is 0 Å². The number of morpholine rings is 2. The lowest BCUT2D eigenvalue weighted by Gasteiger charge is -2.34. The number of carbonyl (C=O) groups excluding carboxylic acids is 1. The molecule has 2 fully saturated rings. The number of aromatic amines is 1. The van der Waals surface area contributed by atoms with Gasteiger partial charge in [-0.2, -0.15) is 5.10 Å². The first-order valence-corrected chi connectivity index (χ1v) is 13.5. The summed E-state index contributed by atoms with van der Waals surface area (Å²) >= 11 is 0. The molecule has 208 valence electrons. The molecule has 2 N–H and O–H groups in total. The molecule has 0 saturated carbocycles. The van der Waals surface area contributed by atoms with Crippen molar-refractivity contribution in [1.82, 2.24) is 24.6 Å². The van der Waals surface area contributed by atoms with Crippen LogP contribution in [0.5, 0.6) is 0 Å². The van der Waals surface area contributed by atoms with Crippen LogP contribution in [0.4, 0.5) is 11.5 Å². The van der Waals surface area contributed by atoms with Crippen LogP contribution < -0.4 is 15.8 Å². The number of nitrogens with one attached hydrogen (secondary N) is 2. The summed E-state index contributed by atoms with van der Waals surface area (Å²) < 4.78 is 13.3. The van der Waals surface area contributed by atoms with Gasteiger partial charge in [-0.25, -0.2) is 4.98 Å². The van der Waals surface area contributed by atoms with E-state index in [1.54, 1.807) is 16.8 Å². The fourth-order valence-electron chi connectivity index (χ4n) is 5.37. The van der Waals surface area contributed by atoms with E-state index in [2.05, 4.69) is 25.2 Å². The highest BCUT2D eigenvalue weighted by atomic mass is 16.5. The summed E-state index contributed by atoms with van der Waals surface area (Å²) in [4.78, 5) is 37.8. The molecular weight excluding hydrogens is 510 g/mol. The van der Waals surface area contributed by atoms with E-state index in [0.29, 0.717) is 56.5 Å². The quantitative estimate of drug-likeness (QED) is 0.381. The summed E-state index contributed by atoms with van der Waals surface area (Å²) in [5, 5.41) is 8.24. The molecule has 40 heavy (non-hydrogen) atoms. The molecule has 0 radical (unpaired) electrons. The Balaban J connectivity index is 1.31. The molecule has 1 amide bonds. The Morgan fingerprint density at radius 3 is 2.77 bits per heavy atom. The molecule has 11 heteroatoms. The normalized spacial score (nSPS) is 18.2. The molecule has 1 aromatic carbocycles. The number of ether oxygens (including phenoxy) is 2. The summed E-state index contributed by atoms with van der Waals surface area (Å²) in [5.41, 5.74) is 4.55. The average Bonchev–Trinajstić information content (AvgIpc) is 3.40. The van der Waals surface area contributed by atoms with Crippen molar-refractivity contribution in [3.63, 3.8) is 0 Å². The van der Waals surface area contributed by atoms with Gasteiger partial charge in [0.25, 0.3) is 5.91 Å². The van der Waals surface area contributed by atoms with Crippen molar-refractivity contribution in [2.45, 2.75) is 19.6 Å². The number of H-pyrrole nitrogens is 1. The molecule has 2 aliphatic heterocycles. The van der Waals surface area contributed by atoms with Gasteiger partial charge in [-0.05, 0) is 42.3 Å². The zero-order valence-electron chi connectivity index (χ0n) is 22.7. The third kappa shape index (κ3) is 5.62. The zero-order valence-corrected chi connectivity index (χ0v) is 22.7. The fraction of sp³-hybridized carbons (Fsp3) is 0.379. The van der Waals surface area contributed by atoms with Gasteiger partial charge in [0.1, 0.15) is 11.9 Å². The number of aromatic nitrogens is 4. The van der Waals surface area contributed by atoms with Crippen LogP contribution in [-0.2, 0) is 23.1 Å². The predicted octanol–water partition coefficient (Wildman–Crippen LogP) is 2.63. The maximum absolute atomic E-state index is 13.8. The van der Waals surface area contributed by atoms with Gasteiger partial charge in [-0.1, -0.05) is 0 Å². The van der Waals surface area contributed by atoms with Gasteiger partial charge in [-0.3, -0.25) is 19.2 Å². The number of rotatable bonds is 6. The number of aryl methyl sites for hydroxylation is 2. The van der Waals surface area contributed by atoms with Crippen LogP contribution in [0.1, 0.15) is 33.2 Å². The van der Waals surface area contributed by atoms with E-state index in [4.69, 9.17) is 14.5 Å².